The summed E-state index contributed by atoms with van der Waals surface area (Å²) < 4.78 is 0. The molecule has 0 atom stereocenters. The molecule has 5 heteroatoms. The number of carbonyl (C=O) groups excluding carboxylic acids is 1. The van der Waals surface area contributed by atoms with Crippen molar-refractivity contribution in [2.24, 2.45) is 5.73 Å². The Morgan fingerprint density at radius 2 is 2.11 bits per heavy atom. The number of rotatable bonds is 3. The van der Waals surface area contributed by atoms with Crippen LogP contribution >= 0.6 is 0 Å². The van der Waals surface area contributed by atoms with Gasteiger partial charge < -0.3 is 16.2 Å². The lowest BCUT2D eigenvalue weighted by Gasteiger charge is -1.95. The zero-order valence-corrected chi connectivity index (χ0v) is 4.76. The first-order valence-electron chi connectivity index (χ1n) is 2.35. The monoisotopic (exact) mass is 132 g/mol. The molecule has 1 amide bonds. The Morgan fingerprint density at radius 1 is 1.56 bits per heavy atom. The van der Waals surface area contributed by atoms with E-state index >= 15 is 0 Å². The lowest BCUT2D eigenvalue weighted by molar-refractivity contribution is -0.140. The zero-order valence-electron chi connectivity index (χ0n) is 4.76. The third-order valence-corrected chi connectivity index (χ3v) is 0.611. The quantitative estimate of drug-likeness (QED) is 0.321. The predicted octanol–water partition coefficient (Wildman–Crippen LogP) is -1.51. The molecule has 0 saturated heterocycles. The Hall–Kier alpha value is -1.10. The fourth-order valence-corrected chi connectivity index (χ4v) is 0.314. The molecule has 0 aliphatic rings. The zero-order chi connectivity index (χ0) is 7.28. The number of nitrogens with one attached hydrogen (secondary N) is 1. The van der Waals surface area contributed by atoms with Crippen molar-refractivity contribution in [1.82, 2.24) is 5.32 Å². The van der Waals surface area contributed by atoms with Crippen LogP contribution in [0.3, 0.4) is 0 Å². The molecule has 52 valence electrons. The largest absolute Gasteiger partial charge is 0.481 e. The van der Waals surface area contributed by atoms with Crippen LogP contribution in [0, 0.1) is 0 Å². The molecule has 9 heavy (non-hydrogen) atoms. The third-order valence-electron chi connectivity index (χ3n) is 0.611. The maximum atomic E-state index is 10.3. The van der Waals surface area contributed by atoms with Crippen molar-refractivity contribution >= 4 is 11.9 Å². The molecule has 0 spiro atoms. The van der Waals surface area contributed by atoms with Gasteiger partial charge in [-0.3, -0.25) is 9.59 Å². The van der Waals surface area contributed by atoms with E-state index in [0.29, 0.717) is 0 Å². The van der Waals surface area contributed by atoms with Gasteiger partial charge in [-0.05, 0) is 0 Å². The highest BCUT2D eigenvalue weighted by Gasteiger charge is 2.03. The lowest BCUT2D eigenvalue weighted by atomic mass is 10.4. The first kappa shape index (κ1) is 7.90. The Labute approximate surface area is 51.8 Å². The highest BCUT2D eigenvalue weighted by molar-refractivity contribution is 5.93. The summed E-state index contributed by atoms with van der Waals surface area (Å²) in [6.45, 7) is -0.0217. The van der Waals surface area contributed by atoms with E-state index in [2.05, 4.69) is 5.32 Å². The van der Waals surface area contributed by atoms with Crippen LogP contribution in [0.5, 0.6) is 0 Å². The Bertz CT molecular complexity index is 123. The summed E-state index contributed by atoms with van der Waals surface area (Å²) >= 11 is 0. The van der Waals surface area contributed by atoms with Crippen molar-refractivity contribution in [2.45, 2.75) is 6.42 Å². The second-order valence-electron chi connectivity index (χ2n) is 1.37. The van der Waals surface area contributed by atoms with E-state index in [1.54, 1.807) is 0 Å². The number of carbonyl (C=O) groups is 2. The van der Waals surface area contributed by atoms with E-state index in [1.165, 1.54) is 0 Å². The summed E-state index contributed by atoms with van der Waals surface area (Å²) in [5.41, 5.74) is 4.88. The van der Waals surface area contributed by atoms with Crippen LogP contribution < -0.4 is 11.1 Å². The van der Waals surface area contributed by atoms with Gasteiger partial charge in [-0.2, -0.15) is 0 Å². The first-order valence-corrected chi connectivity index (χ1v) is 2.35. The Balaban J connectivity index is 3.39. The molecule has 0 aliphatic carbocycles. The fraction of sp³-hybridized carbons (Fsp3) is 0.500. The van der Waals surface area contributed by atoms with E-state index in [9.17, 15) is 9.59 Å². The topological polar surface area (TPSA) is 92.4 Å². The predicted molar refractivity (Wildman–Crippen MR) is 29.4 cm³/mol. The molecule has 0 aromatic rings. The molecule has 0 aromatic heterocycles. The number of aliphatic carboxylic acids is 1. The highest BCUT2D eigenvalue weighted by Crippen LogP contribution is 1.75. The molecule has 0 saturated carbocycles. The van der Waals surface area contributed by atoms with Crippen LogP contribution in [0.1, 0.15) is 6.42 Å². The van der Waals surface area contributed by atoms with Crippen molar-refractivity contribution in [3.63, 3.8) is 0 Å². The Morgan fingerprint density at radius 3 is 2.44 bits per heavy atom. The lowest BCUT2D eigenvalue weighted by Crippen LogP contribution is -2.30. The summed E-state index contributed by atoms with van der Waals surface area (Å²) in [5.74, 6) is -1.72. The average Bonchev–Trinajstić information content (AvgIpc) is 1.63. The number of hydrogen-bond acceptors (Lipinski definition) is 3. The molecule has 0 radical (unpaired) electrons. The fourth-order valence-electron chi connectivity index (χ4n) is 0.314. The molecule has 0 fully saturated rings. The van der Waals surface area contributed by atoms with E-state index in [4.69, 9.17) is 10.8 Å². The van der Waals surface area contributed by atoms with Crippen LogP contribution in [0.2, 0.25) is 0 Å². The van der Waals surface area contributed by atoms with E-state index in [-0.39, 0.29) is 6.67 Å². The van der Waals surface area contributed by atoms with Crippen molar-refractivity contribution in [1.29, 1.82) is 0 Å². The minimum Gasteiger partial charge on any atom is -0.481 e. The minimum atomic E-state index is -1.15. The summed E-state index contributed by atoms with van der Waals surface area (Å²) in [5, 5.41) is 10.1. The number of carboxylic acids is 1. The minimum absolute atomic E-state index is 0.0217. The van der Waals surface area contributed by atoms with Gasteiger partial charge in [0, 0.05) is 0 Å². The summed E-state index contributed by atoms with van der Waals surface area (Å²) in [6.07, 6.45) is -0.517. The van der Waals surface area contributed by atoms with Gasteiger partial charge in [-0.15, -0.1) is 0 Å². The number of amides is 1. The van der Waals surface area contributed by atoms with Gasteiger partial charge >= 0.3 is 5.97 Å². The van der Waals surface area contributed by atoms with E-state index in [1.807, 2.05) is 0 Å². The van der Waals surface area contributed by atoms with Crippen molar-refractivity contribution in [2.75, 3.05) is 6.67 Å². The molecule has 0 unspecified atom stereocenters. The van der Waals surface area contributed by atoms with Gasteiger partial charge in [0.25, 0.3) is 0 Å². The van der Waals surface area contributed by atoms with Gasteiger partial charge in [0.15, 0.2) is 0 Å². The van der Waals surface area contributed by atoms with Crippen LogP contribution in [-0.4, -0.2) is 23.7 Å². The van der Waals surface area contributed by atoms with Crippen LogP contribution in [0.15, 0.2) is 0 Å². The smallest absolute Gasteiger partial charge is 0.312 e. The maximum absolute atomic E-state index is 10.3. The van der Waals surface area contributed by atoms with Gasteiger partial charge in [0.2, 0.25) is 5.91 Å². The molecular formula is C4H8N2O3. The molecule has 0 aliphatic heterocycles. The van der Waals surface area contributed by atoms with Gasteiger partial charge in [-0.25, -0.2) is 0 Å². The third kappa shape index (κ3) is 4.76. The molecule has 0 rings (SSSR count). The van der Waals surface area contributed by atoms with Crippen molar-refractivity contribution < 1.29 is 14.7 Å². The highest BCUT2D eigenvalue weighted by atomic mass is 16.4. The average molecular weight is 132 g/mol. The Kier molecular flexibility index (Phi) is 3.38. The summed E-state index contributed by atoms with van der Waals surface area (Å²) in [4.78, 5) is 20.1. The number of hydrogen-bond donors (Lipinski definition) is 3. The SMILES string of the molecule is NCNC(=O)CC(=O)O. The van der Waals surface area contributed by atoms with E-state index in [0.717, 1.165) is 0 Å². The van der Waals surface area contributed by atoms with Crippen LogP contribution in [0.4, 0.5) is 0 Å². The van der Waals surface area contributed by atoms with Crippen LogP contribution in [-0.2, 0) is 9.59 Å². The molecular weight excluding hydrogens is 124 g/mol. The molecule has 0 heterocycles. The summed E-state index contributed by atoms with van der Waals surface area (Å²) in [6, 6.07) is 0. The second-order valence-corrected chi connectivity index (χ2v) is 1.37. The van der Waals surface area contributed by atoms with Crippen molar-refractivity contribution in [3.05, 3.63) is 0 Å². The standard InChI is InChI=1S/C4H8N2O3/c5-2-6-3(7)1-4(8)9/h1-2,5H2,(H,6,7)(H,8,9). The number of carboxylic acid groups (broad SMARTS) is 1. The molecule has 0 bridgehead atoms. The molecule has 5 nitrogen and oxygen atoms in total. The van der Waals surface area contributed by atoms with Crippen molar-refractivity contribution in [3.8, 4) is 0 Å². The number of nitrogens with two attached hydrogens (primary N) is 1. The molecule has 0 aromatic carbocycles. The normalized spacial score (nSPS) is 8.56. The maximum Gasteiger partial charge on any atom is 0.312 e. The molecule has 4 N–H and O–H groups in total. The van der Waals surface area contributed by atoms with Crippen LogP contribution in [0.25, 0.3) is 0 Å². The van der Waals surface area contributed by atoms with E-state index < -0.39 is 18.3 Å². The van der Waals surface area contributed by atoms with Gasteiger partial charge in [-0.1, -0.05) is 0 Å². The summed E-state index contributed by atoms with van der Waals surface area (Å²) in [7, 11) is 0. The van der Waals surface area contributed by atoms with Gasteiger partial charge in [0.1, 0.15) is 6.42 Å². The first-order chi connectivity index (χ1) is 4.16. The van der Waals surface area contributed by atoms with Gasteiger partial charge in [0.05, 0.1) is 6.67 Å². The second kappa shape index (κ2) is 3.85.